The highest BCUT2D eigenvalue weighted by molar-refractivity contribution is 4.87. The molecule has 2 heteroatoms. The SMILES string of the molecule is C=C(C)COCCNC1CCC(C)CC1C. The molecule has 0 bridgehead atoms. The first kappa shape index (κ1) is 13.7. The summed E-state index contributed by atoms with van der Waals surface area (Å²) in [5.74, 6) is 1.72. The van der Waals surface area contributed by atoms with Gasteiger partial charge in [0.2, 0.25) is 0 Å². The molecule has 3 unspecified atom stereocenters. The summed E-state index contributed by atoms with van der Waals surface area (Å²) in [6, 6.07) is 0.699. The van der Waals surface area contributed by atoms with Gasteiger partial charge in [-0.15, -0.1) is 0 Å². The fraction of sp³-hybridized carbons (Fsp3) is 0.857. The highest BCUT2D eigenvalue weighted by Gasteiger charge is 2.24. The molecule has 0 aromatic rings. The van der Waals surface area contributed by atoms with Gasteiger partial charge in [0.05, 0.1) is 13.2 Å². The van der Waals surface area contributed by atoms with E-state index in [0.717, 1.165) is 30.6 Å². The monoisotopic (exact) mass is 225 g/mol. The lowest BCUT2D eigenvalue weighted by Gasteiger charge is -2.33. The Bertz CT molecular complexity index is 215. The molecule has 3 atom stereocenters. The van der Waals surface area contributed by atoms with Crippen molar-refractivity contribution in [1.82, 2.24) is 5.32 Å². The third-order valence-electron chi connectivity index (χ3n) is 3.43. The van der Waals surface area contributed by atoms with Gasteiger partial charge in [-0.25, -0.2) is 0 Å². The maximum absolute atomic E-state index is 5.48. The lowest BCUT2D eigenvalue weighted by atomic mass is 9.80. The van der Waals surface area contributed by atoms with E-state index in [9.17, 15) is 0 Å². The number of rotatable bonds is 6. The van der Waals surface area contributed by atoms with Gasteiger partial charge in [-0.2, -0.15) is 0 Å². The molecule has 0 aromatic carbocycles. The summed E-state index contributed by atoms with van der Waals surface area (Å²) in [5, 5.41) is 3.61. The molecule has 0 saturated heterocycles. The number of hydrogen-bond acceptors (Lipinski definition) is 2. The lowest BCUT2D eigenvalue weighted by Crippen LogP contribution is -2.40. The van der Waals surface area contributed by atoms with Gasteiger partial charge in [0.15, 0.2) is 0 Å². The topological polar surface area (TPSA) is 21.3 Å². The van der Waals surface area contributed by atoms with Crippen molar-refractivity contribution >= 4 is 0 Å². The van der Waals surface area contributed by atoms with Gasteiger partial charge in [-0.1, -0.05) is 26.0 Å². The Morgan fingerprint density at radius 3 is 2.75 bits per heavy atom. The van der Waals surface area contributed by atoms with Crippen LogP contribution in [0, 0.1) is 11.8 Å². The van der Waals surface area contributed by atoms with Crippen molar-refractivity contribution in [1.29, 1.82) is 0 Å². The van der Waals surface area contributed by atoms with Crippen LogP contribution in [-0.4, -0.2) is 25.8 Å². The molecule has 0 radical (unpaired) electrons. The van der Waals surface area contributed by atoms with Gasteiger partial charge in [0, 0.05) is 12.6 Å². The van der Waals surface area contributed by atoms with Crippen molar-refractivity contribution in [2.75, 3.05) is 19.8 Å². The Labute approximate surface area is 100 Å². The molecule has 1 saturated carbocycles. The van der Waals surface area contributed by atoms with E-state index >= 15 is 0 Å². The van der Waals surface area contributed by atoms with Crippen molar-refractivity contribution in [2.24, 2.45) is 11.8 Å². The Hall–Kier alpha value is -0.340. The molecule has 1 fully saturated rings. The summed E-state index contributed by atoms with van der Waals surface area (Å²) in [7, 11) is 0. The normalized spacial score (nSPS) is 30.3. The van der Waals surface area contributed by atoms with Crippen LogP contribution in [-0.2, 0) is 4.74 Å². The summed E-state index contributed by atoms with van der Waals surface area (Å²) >= 11 is 0. The molecule has 1 aliphatic carbocycles. The fourth-order valence-corrected chi connectivity index (χ4v) is 2.53. The van der Waals surface area contributed by atoms with Crippen LogP contribution in [0.1, 0.15) is 40.0 Å². The van der Waals surface area contributed by atoms with Crippen LogP contribution in [0.5, 0.6) is 0 Å². The van der Waals surface area contributed by atoms with E-state index in [4.69, 9.17) is 4.74 Å². The fourth-order valence-electron chi connectivity index (χ4n) is 2.53. The van der Waals surface area contributed by atoms with E-state index in [1.165, 1.54) is 19.3 Å². The van der Waals surface area contributed by atoms with E-state index in [1.807, 2.05) is 6.92 Å². The molecule has 0 aliphatic heterocycles. The van der Waals surface area contributed by atoms with Gasteiger partial charge < -0.3 is 10.1 Å². The molecule has 16 heavy (non-hydrogen) atoms. The zero-order chi connectivity index (χ0) is 12.0. The third-order valence-corrected chi connectivity index (χ3v) is 3.43. The smallest absolute Gasteiger partial charge is 0.0672 e. The molecule has 2 nitrogen and oxygen atoms in total. The lowest BCUT2D eigenvalue weighted by molar-refractivity contribution is 0.145. The first-order valence-corrected chi connectivity index (χ1v) is 6.55. The Balaban J connectivity index is 2.06. The molecule has 0 spiro atoms. The van der Waals surface area contributed by atoms with Gasteiger partial charge in [0.1, 0.15) is 0 Å². The van der Waals surface area contributed by atoms with Crippen molar-refractivity contribution < 1.29 is 4.74 Å². The Kier molecular flexibility index (Phi) is 6.07. The number of ether oxygens (including phenoxy) is 1. The summed E-state index contributed by atoms with van der Waals surface area (Å²) in [5.41, 5.74) is 1.10. The average Bonchev–Trinajstić information content (AvgIpc) is 2.20. The van der Waals surface area contributed by atoms with Crippen molar-refractivity contribution in [3.63, 3.8) is 0 Å². The summed E-state index contributed by atoms with van der Waals surface area (Å²) in [6.07, 6.45) is 4.06. The molecule has 1 N–H and O–H groups in total. The second-order valence-corrected chi connectivity index (χ2v) is 5.47. The molecular weight excluding hydrogens is 198 g/mol. The van der Waals surface area contributed by atoms with Crippen molar-refractivity contribution in [2.45, 2.75) is 46.1 Å². The van der Waals surface area contributed by atoms with Gasteiger partial charge in [-0.05, 0) is 38.0 Å². The Morgan fingerprint density at radius 1 is 1.38 bits per heavy atom. The molecule has 94 valence electrons. The molecule has 1 rings (SSSR count). The van der Waals surface area contributed by atoms with Crippen molar-refractivity contribution in [3.8, 4) is 0 Å². The minimum absolute atomic E-state index is 0.693. The minimum Gasteiger partial charge on any atom is -0.376 e. The van der Waals surface area contributed by atoms with Gasteiger partial charge in [0.25, 0.3) is 0 Å². The maximum Gasteiger partial charge on any atom is 0.0672 e. The molecule has 0 aromatic heterocycles. The maximum atomic E-state index is 5.48. The average molecular weight is 225 g/mol. The molecular formula is C14H27NO. The Morgan fingerprint density at radius 2 is 2.12 bits per heavy atom. The first-order chi connectivity index (χ1) is 7.59. The zero-order valence-corrected chi connectivity index (χ0v) is 11.1. The van der Waals surface area contributed by atoms with E-state index in [0.29, 0.717) is 12.6 Å². The van der Waals surface area contributed by atoms with Crippen LogP contribution in [0.4, 0.5) is 0 Å². The highest BCUT2D eigenvalue weighted by atomic mass is 16.5. The van der Waals surface area contributed by atoms with Crippen LogP contribution in [0.15, 0.2) is 12.2 Å². The predicted octanol–water partition coefficient (Wildman–Crippen LogP) is 2.99. The summed E-state index contributed by atoms with van der Waals surface area (Å²) < 4.78 is 5.48. The molecule has 0 amide bonds. The summed E-state index contributed by atoms with van der Waals surface area (Å²) in [6.45, 7) is 13.0. The predicted molar refractivity (Wildman–Crippen MR) is 69.6 cm³/mol. The third kappa shape index (κ3) is 5.13. The van der Waals surface area contributed by atoms with Gasteiger partial charge >= 0.3 is 0 Å². The van der Waals surface area contributed by atoms with Crippen molar-refractivity contribution in [3.05, 3.63) is 12.2 Å². The second-order valence-electron chi connectivity index (χ2n) is 5.47. The van der Waals surface area contributed by atoms with Crippen LogP contribution in [0.25, 0.3) is 0 Å². The highest BCUT2D eigenvalue weighted by Crippen LogP contribution is 2.28. The van der Waals surface area contributed by atoms with Crippen LogP contribution in [0.3, 0.4) is 0 Å². The van der Waals surface area contributed by atoms with Crippen LogP contribution < -0.4 is 5.32 Å². The second kappa shape index (κ2) is 7.08. The first-order valence-electron chi connectivity index (χ1n) is 6.55. The standard InChI is InChI=1S/C14H27NO/c1-11(2)10-16-8-7-15-14-6-5-12(3)9-13(14)4/h12-15H,1,5-10H2,2-4H3. The largest absolute Gasteiger partial charge is 0.376 e. The zero-order valence-electron chi connectivity index (χ0n) is 11.1. The van der Waals surface area contributed by atoms with Gasteiger partial charge in [-0.3, -0.25) is 0 Å². The summed E-state index contributed by atoms with van der Waals surface area (Å²) in [4.78, 5) is 0. The van der Waals surface area contributed by atoms with E-state index in [2.05, 4.69) is 25.7 Å². The number of hydrogen-bond donors (Lipinski definition) is 1. The number of nitrogens with one attached hydrogen (secondary N) is 1. The molecule has 0 heterocycles. The quantitative estimate of drug-likeness (QED) is 0.554. The van der Waals surface area contributed by atoms with E-state index < -0.39 is 0 Å². The molecule has 1 aliphatic rings. The van der Waals surface area contributed by atoms with E-state index in [-0.39, 0.29) is 0 Å². The van der Waals surface area contributed by atoms with Crippen LogP contribution in [0.2, 0.25) is 0 Å². The van der Waals surface area contributed by atoms with Crippen LogP contribution >= 0.6 is 0 Å². The minimum atomic E-state index is 0.693. The van der Waals surface area contributed by atoms with E-state index in [1.54, 1.807) is 0 Å².